The van der Waals surface area contributed by atoms with Crippen molar-refractivity contribution in [3.63, 3.8) is 0 Å². The third-order valence-corrected chi connectivity index (χ3v) is 9.74. The highest BCUT2D eigenvalue weighted by molar-refractivity contribution is 6.32. The largest absolute Gasteiger partial charge is 0.488 e. The van der Waals surface area contributed by atoms with Crippen molar-refractivity contribution in [1.82, 2.24) is 24.2 Å². The number of likely N-dealkylation sites (tertiary alicyclic amines) is 1. The van der Waals surface area contributed by atoms with E-state index in [2.05, 4.69) is 9.88 Å². The van der Waals surface area contributed by atoms with Crippen molar-refractivity contribution in [2.45, 2.75) is 45.1 Å². The SMILES string of the molecule is Cc1c(C(=O)CC2CCN(c3nc(-c4cccc(OCC(O)CN5CCCC5)c4F)cnc3N)CC2)c(=O)n(-c2ccccc2Cl)n1C. The predicted octanol–water partition coefficient (Wildman–Crippen LogP) is 4.64. The first-order valence-corrected chi connectivity index (χ1v) is 16.8. The number of para-hydroxylation sites is 1. The fourth-order valence-corrected chi connectivity index (χ4v) is 6.93. The number of halogens is 2. The first kappa shape index (κ1) is 33.6. The van der Waals surface area contributed by atoms with Crippen molar-refractivity contribution in [2.24, 2.45) is 13.0 Å². The number of Topliss-reactive ketones (excluding diaryl/α,β-unsaturated/α-hetero) is 1. The summed E-state index contributed by atoms with van der Waals surface area (Å²) in [6, 6.07) is 11.9. The Balaban J connectivity index is 1.11. The lowest BCUT2D eigenvalue weighted by molar-refractivity contribution is 0.0743. The number of ether oxygens (including phenoxy) is 1. The molecule has 0 spiro atoms. The molecule has 2 fully saturated rings. The highest BCUT2D eigenvalue weighted by Gasteiger charge is 2.29. The molecule has 1 atom stereocenters. The van der Waals surface area contributed by atoms with Crippen LogP contribution in [0.3, 0.4) is 0 Å². The van der Waals surface area contributed by atoms with Crippen LogP contribution in [0.15, 0.2) is 53.5 Å². The zero-order chi connectivity index (χ0) is 33.9. The molecular weight excluding hydrogens is 637 g/mol. The highest BCUT2D eigenvalue weighted by Crippen LogP contribution is 2.33. The number of aliphatic hydroxyl groups is 1. The number of piperidine rings is 1. The van der Waals surface area contributed by atoms with Gasteiger partial charge in [-0.25, -0.2) is 19.0 Å². The summed E-state index contributed by atoms with van der Waals surface area (Å²) in [5.41, 5.74) is 7.68. The second-order valence-corrected chi connectivity index (χ2v) is 13.1. The first-order valence-electron chi connectivity index (χ1n) is 16.4. The van der Waals surface area contributed by atoms with Crippen molar-refractivity contribution in [3.8, 4) is 22.7 Å². The third-order valence-electron chi connectivity index (χ3n) is 9.42. The van der Waals surface area contributed by atoms with Crippen LogP contribution in [0, 0.1) is 18.7 Å². The highest BCUT2D eigenvalue weighted by atomic mass is 35.5. The van der Waals surface area contributed by atoms with E-state index in [1.807, 2.05) is 4.90 Å². The normalized spacial score (nSPS) is 16.4. The van der Waals surface area contributed by atoms with Gasteiger partial charge in [-0.2, -0.15) is 0 Å². The van der Waals surface area contributed by atoms with E-state index in [1.165, 1.54) is 16.9 Å². The van der Waals surface area contributed by atoms with E-state index in [1.54, 1.807) is 55.1 Å². The molecule has 0 bridgehead atoms. The number of β-amino-alcohol motifs (C(OH)–C–C–N with tert-alkyl or cyclic N) is 1. The summed E-state index contributed by atoms with van der Waals surface area (Å²) in [5, 5.41) is 10.8. The monoisotopic (exact) mass is 677 g/mol. The molecule has 0 saturated carbocycles. The molecule has 2 aromatic carbocycles. The Morgan fingerprint density at radius 3 is 2.58 bits per heavy atom. The van der Waals surface area contributed by atoms with Gasteiger partial charge >= 0.3 is 0 Å². The maximum absolute atomic E-state index is 15.6. The molecule has 2 saturated heterocycles. The zero-order valence-electron chi connectivity index (χ0n) is 27.2. The lowest BCUT2D eigenvalue weighted by Crippen LogP contribution is -2.36. The molecule has 0 amide bonds. The summed E-state index contributed by atoms with van der Waals surface area (Å²) in [4.78, 5) is 40.1. The number of nitrogens with zero attached hydrogens (tertiary/aromatic N) is 6. The van der Waals surface area contributed by atoms with Gasteiger partial charge in [0.15, 0.2) is 29.0 Å². The number of hydrogen-bond donors (Lipinski definition) is 2. The van der Waals surface area contributed by atoms with Gasteiger partial charge in [0, 0.05) is 44.4 Å². The Kier molecular flexibility index (Phi) is 10.1. The first-order chi connectivity index (χ1) is 23.1. The quantitative estimate of drug-likeness (QED) is 0.218. The van der Waals surface area contributed by atoms with Gasteiger partial charge < -0.3 is 25.4 Å². The maximum Gasteiger partial charge on any atom is 0.282 e. The molecule has 0 aliphatic carbocycles. The Hall–Kier alpha value is -4.26. The van der Waals surface area contributed by atoms with Crippen molar-refractivity contribution in [2.75, 3.05) is 50.0 Å². The molecule has 3 N–H and O–H groups in total. The summed E-state index contributed by atoms with van der Waals surface area (Å²) in [6.45, 7) is 5.29. The Morgan fingerprint density at radius 2 is 1.85 bits per heavy atom. The minimum absolute atomic E-state index is 0.0195. The topological polar surface area (TPSA) is 132 Å². The van der Waals surface area contributed by atoms with E-state index < -0.39 is 11.9 Å². The number of nitrogen functional groups attached to an aromatic ring is 1. The minimum atomic E-state index is -0.726. The molecule has 2 aromatic heterocycles. The Labute approximate surface area is 283 Å². The van der Waals surface area contributed by atoms with Crippen LogP contribution in [0.1, 0.15) is 48.2 Å². The molecule has 0 radical (unpaired) electrons. The molecular formula is C35H41ClFN7O4. The number of carbonyl (C=O) groups excluding carboxylic acids is 1. The van der Waals surface area contributed by atoms with Crippen LogP contribution in [-0.4, -0.2) is 80.6 Å². The lowest BCUT2D eigenvalue weighted by Gasteiger charge is -2.33. The number of aromatic nitrogens is 4. The summed E-state index contributed by atoms with van der Waals surface area (Å²) < 4.78 is 24.4. The van der Waals surface area contributed by atoms with Crippen LogP contribution < -0.4 is 20.9 Å². The molecule has 4 heterocycles. The molecule has 13 heteroatoms. The summed E-state index contributed by atoms with van der Waals surface area (Å²) in [7, 11) is 1.74. The van der Waals surface area contributed by atoms with Crippen molar-refractivity contribution in [3.05, 3.63) is 81.1 Å². The summed E-state index contributed by atoms with van der Waals surface area (Å²) >= 11 is 6.37. The molecule has 11 nitrogen and oxygen atoms in total. The second kappa shape index (κ2) is 14.5. The number of carbonyl (C=O) groups is 1. The molecule has 1 unspecified atom stereocenters. The van der Waals surface area contributed by atoms with Crippen LogP contribution >= 0.6 is 11.6 Å². The number of anilines is 2. The summed E-state index contributed by atoms with van der Waals surface area (Å²) in [5.74, 6) is -0.00804. The number of ketones is 1. The van der Waals surface area contributed by atoms with Crippen LogP contribution in [0.25, 0.3) is 16.9 Å². The van der Waals surface area contributed by atoms with Crippen molar-refractivity contribution >= 4 is 29.0 Å². The van der Waals surface area contributed by atoms with Crippen molar-refractivity contribution in [1.29, 1.82) is 0 Å². The third kappa shape index (κ3) is 6.96. The van der Waals surface area contributed by atoms with Gasteiger partial charge in [0.1, 0.15) is 18.3 Å². The average molecular weight is 678 g/mol. The van der Waals surface area contributed by atoms with E-state index in [0.717, 1.165) is 25.9 Å². The van der Waals surface area contributed by atoms with E-state index in [4.69, 9.17) is 27.1 Å². The van der Waals surface area contributed by atoms with E-state index in [-0.39, 0.29) is 53.0 Å². The second-order valence-electron chi connectivity index (χ2n) is 12.7. The van der Waals surface area contributed by atoms with Crippen molar-refractivity contribution < 1.29 is 19.0 Å². The number of aliphatic hydroxyl groups excluding tert-OH is 1. The fraction of sp³-hybridized carbons (Fsp3) is 0.429. The molecule has 6 rings (SSSR count). The molecule has 48 heavy (non-hydrogen) atoms. The fourth-order valence-electron chi connectivity index (χ4n) is 6.71. The van der Waals surface area contributed by atoms with Gasteiger partial charge in [-0.3, -0.25) is 14.3 Å². The van der Waals surface area contributed by atoms with E-state index in [0.29, 0.717) is 60.4 Å². The molecule has 4 aromatic rings. The van der Waals surface area contributed by atoms with E-state index >= 15 is 4.39 Å². The van der Waals surface area contributed by atoms with Crippen LogP contribution in [0.2, 0.25) is 5.02 Å². The van der Waals surface area contributed by atoms with Gasteiger partial charge in [0.05, 0.1) is 22.6 Å². The predicted molar refractivity (Wildman–Crippen MR) is 184 cm³/mol. The van der Waals surface area contributed by atoms with Gasteiger partial charge in [0.25, 0.3) is 5.56 Å². The van der Waals surface area contributed by atoms with E-state index in [9.17, 15) is 14.7 Å². The van der Waals surface area contributed by atoms with Gasteiger partial charge in [-0.15, -0.1) is 0 Å². The van der Waals surface area contributed by atoms with Gasteiger partial charge in [0.2, 0.25) is 0 Å². The van der Waals surface area contributed by atoms with Crippen LogP contribution in [-0.2, 0) is 7.05 Å². The van der Waals surface area contributed by atoms with Crippen LogP contribution in [0.4, 0.5) is 16.0 Å². The molecule has 2 aliphatic rings. The summed E-state index contributed by atoms with van der Waals surface area (Å²) in [6.07, 6.45) is 4.55. The Bertz CT molecular complexity index is 1850. The smallest absolute Gasteiger partial charge is 0.282 e. The Morgan fingerprint density at radius 1 is 1.12 bits per heavy atom. The average Bonchev–Trinajstić information content (AvgIpc) is 3.66. The zero-order valence-corrected chi connectivity index (χ0v) is 28.0. The van der Waals surface area contributed by atoms with Crippen LogP contribution in [0.5, 0.6) is 5.75 Å². The lowest BCUT2D eigenvalue weighted by atomic mass is 9.90. The maximum atomic E-state index is 15.6. The minimum Gasteiger partial charge on any atom is -0.488 e. The number of rotatable bonds is 11. The standard InChI is InChI=1S/C35H41ClFN7O4/c1-22-31(35(47)44(41(22)2)28-10-4-3-9-26(28)36)29(46)18-23-12-16-43(17-13-23)34-33(38)39-19-27(40-34)25-8-7-11-30(32(25)37)48-21-24(45)20-42-14-5-6-15-42/h3-4,7-11,19,23-24,45H,5-6,12-18,20-21H2,1-2H3,(H2,38,39). The molecule has 2 aliphatic heterocycles. The number of benzene rings is 2. The van der Waals surface area contributed by atoms with Gasteiger partial charge in [-0.1, -0.05) is 29.8 Å². The van der Waals surface area contributed by atoms with Gasteiger partial charge in [-0.05, 0) is 75.9 Å². The molecule has 254 valence electrons. The number of nitrogens with two attached hydrogens (primary N) is 1. The number of hydrogen-bond acceptors (Lipinski definition) is 9.